The predicted molar refractivity (Wildman–Crippen MR) is 68.3 cm³/mol. The summed E-state index contributed by atoms with van der Waals surface area (Å²) in [5.74, 6) is 0. The third-order valence-electron chi connectivity index (χ3n) is 3.64. The maximum atomic E-state index is 6.12. The molecule has 1 aromatic carbocycles. The first-order valence-electron chi connectivity index (χ1n) is 6.31. The smallest absolute Gasteiger partial charge is 0.0222 e. The molecule has 0 amide bonds. The molecule has 1 aliphatic carbocycles. The Labute approximate surface area is 98.2 Å². The summed E-state index contributed by atoms with van der Waals surface area (Å²) < 4.78 is 0. The van der Waals surface area contributed by atoms with Crippen molar-refractivity contribution < 1.29 is 0 Å². The molecule has 2 rings (SSSR count). The fourth-order valence-electron chi connectivity index (χ4n) is 2.46. The van der Waals surface area contributed by atoms with Crippen molar-refractivity contribution in [2.75, 3.05) is 0 Å². The lowest BCUT2D eigenvalue weighted by Gasteiger charge is -2.29. The molecule has 2 nitrogen and oxygen atoms in total. The fourth-order valence-corrected chi connectivity index (χ4v) is 2.46. The topological polar surface area (TPSA) is 38.0 Å². The monoisotopic (exact) mass is 218 g/mol. The molecule has 2 unspecified atom stereocenters. The number of hydrogen-bond acceptors (Lipinski definition) is 2. The van der Waals surface area contributed by atoms with Crippen molar-refractivity contribution >= 4 is 0 Å². The van der Waals surface area contributed by atoms with Crippen LogP contribution < -0.4 is 11.1 Å². The minimum Gasteiger partial charge on any atom is -0.326 e. The first-order chi connectivity index (χ1) is 7.77. The highest BCUT2D eigenvalue weighted by molar-refractivity contribution is 5.25. The van der Waals surface area contributed by atoms with Gasteiger partial charge in [-0.2, -0.15) is 0 Å². The van der Waals surface area contributed by atoms with Gasteiger partial charge >= 0.3 is 0 Å². The van der Waals surface area contributed by atoms with Gasteiger partial charge in [0.1, 0.15) is 0 Å². The second-order valence-corrected chi connectivity index (χ2v) is 4.86. The van der Waals surface area contributed by atoms with Crippen LogP contribution in [-0.4, -0.2) is 12.1 Å². The van der Waals surface area contributed by atoms with Gasteiger partial charge in [-0.25, -0.2) is 0 Å². The molecule has 88 valence electrons. The molecule has 3 N–H and O–H groups in total. The Morgan fingerprint density at radius 2 is 2.00 bits per heavy atom. The number of aryl methyl sites for hydroxylation is 1. The van der Waals surface area contributed by atoms with Crippen LogP contribution in [0.15, 0.2) is 24.3 Å². The van der Waals surface area contributed by atoms with Gasteiger partial charge < -0.3 is 11.1 Å². The summed E-state index contributed by atoms with van der Waals surface area (Å²) in [6.07, 6.45) is 5.02. The quantitative estimate of drug-likeness (QED) is 0.817. The van der Waals surface area contributed by atoms with E-state index in [-0.39, 0.29) is 0 Å². The third-order valence-corrected chi connectivity index (χ3v) is 3.64. The predicted octanol–water partition coefficient (Wildman–Crippen LogP) is 2.35. The minimum absolute atomic E-state index is 0.345. The highest BCUT2D eigenvalue weighted by Gasteiger charge is 2.20. The summed E-state index contributed by atoms with van der Waals surface area (Å²) in [5.41, 5.74) is 8.87. The Bertz CT molecular complexity index is 335. The van der Waals surface area contributed by atoms with E-state index in [0.717, 1.165) is 6.54 Å². The van der Waals surface area contributed by atoms with Crippen LogP contribution in [0.3, 0.4) is 0 Å². The van der Waals surface area contributed by atoms with Gasteiger partial charge in [0.05, 0.1) is 0 Å². The van der Waals surface area contributed by atoms with Gasteiger partial charge in [0.2, 0.25) is 0 Å². The van der Waals surface area contributed by atoms with Crippen molar-refractivity contribution in [1.29, 1.82) is 0 Å². The van der Waals surface area contributed by atoms with Crippen LogP contribution in [0, 0.1) is 6.92 Å². The van der Waals surface area contributed by atoms with Crippen LogP contribution >= 0.6 is 0 Å². The van der Waals surface area contributed by atoms with E-state index in [1.165, 1.54) is 36.8 Å². The van der Waals surface area contributed by atoms with Gasteiger partial charge in [-0.1, -0.05) is 37.1 Å². The summed E-state index contributed by atoms with van der Waals surface area (Å²) in [6.45, 7) is 3.11. The molecule has 16 heavy (non-hydrogen) atoms. The van der Waals surface area contributed by atoms with Crippen LogP contribution in [0.25, 0.3) is 0 Å². The van der Waals surface area contributed by atoms with Crippen molar-refractivity contribution in [1.82, 2.24) is 5.32 Å². The molecular weight excluding hydrogens is 196 g/mol. The lowest BCUT2D eigenvalue weighted by atomic mass is 9.91. The maximum Gasteiger partial charge on any atom is 0.0222 e. The molecule has 0 aliphatic heterocycles. The van der Waals surface area contributed by atoms with Crippen molar-refractivity contribution in [2.24, 2.45) is 5.73 Å². The normalized spacial score (nSPS) is 25.6. The molecule has 0 saturated heterocycles. The van der Waals surface area contributed by atoms with Gasteiger partial charge in [0.25, 0.3) is 0 Å². The molecule has 0 spiro atoms. The molecule has 1 aromatic rings. The number of nitrogens with two attached hydrogens (primary N) is 1. The molecule has 0 aromatic heterocycles. The van der Waals surface area contributed by atoms with Gasteiger partial charge in [-0.05, 0) is 30.9 Å². The highest BCUT2D eigenvalue weighted by Crippen LogP contribution is 2.17. The minimum atomic E-state index is 0.345. The van der Waals surface area contributed by atoms with Crippen LogP contribution in [-0.2, 0) is 6.54 Å². The number of benzene rings is 1. The summed E-state index contributed by atoms with van der Waals surface area (Å²) >= 11 is 0. The molecule has 1 fully saturated rings. The summed E-state index contributed by atoms with van der Waals surface area (Å²) in [6, 6.07) is 9.40. The van der Waals surface area contributed by atoms with Crippen molar-refractivity contribution in [3.8, 4) is 0 Å². The SMILES string of the molecule is Cc1ccccc1CNC1CCCCC1N. The molecule has 2 heteroatoms. The zero-order valence-corrected chi connectivity index (χ0v) is 10.1. The zero-order chi connectivity index (χ0) is 11.4. The van der Waals surface area contributed by atoms with E-state index in [1.54, 1.807) is 0 Å². The third kappa shape index (κ3) is 2.83. The molecule has 1 aliphatic rings. The van der Waals surface area contributed by atoms with E-state index in [4.69, 9.17) is 5.73 Å². The molecule has 1 saturated carbocycles. The van der Waals surface area contributed by atoms with Crippen LogP contribution in [0.5, 0.6) is 0 Å². The number of hydrogen-bond donors (Lipinski definition) is 2. The second kappa shape index (κ2) is 5.46. The van der Waals surface area contributed by atoms with E-state index in [1.807, 2.05) is 0 Å². The second-order valence-electron chi connectivity index (χ2n) is 4.86. The number of nitrogens with one attached hydrogen (secondary N) is 1. The molecule has 0 radical (unpaired) electrons. The van der Waals surface area contributed by atoms with Gasteiger partial charge in [-0.3, -0.25) is 0 Å². The summed E-state index contributed by atoms with van der Waals surface area (Å²) in [7, 11) is 0. The Kier molecular flexibility index (Phi) is 3.97. The Balaban J connectivity index is 1.89. The Morgan fingerprint density at radius 3 is 2.75 bits per heavy atom. The van der Waals surface area contributed by atoms with Crippen LogP contribution in [0.1, 0.15) is 36.8 Å². The van der Waals surface area contributed by atoms with Crippen LogP contribution in [0.2, 0.25) is 0 Å². The highest BCUT2D eigenvalue weighted by atomic mass is 15.0. The summed E-state index contributed by atoms with van der Waals surface area (Å²) in [4.78, 5) is 0. The fraction of sp³-hybridized carbons (Fsp3) is 0.571. The average molecular weight is 218 g/mol. The Hall–Kier alpha value is -0.860. The Morgan fingerprint density at radius 1 is 1.25 bits per heavy atom. The van der Waals surface area contributed by atoms with E-state index in [2.05, 4.69) is 36.5 Å². The van der Waals surface area contributed by atoms with Gasteiger partial charge in [-0.15, -0.1) is 0 Å². The van der Waals surface area contributed by atoms with E-state index >= 15 is 0 Å². The largest absolute Gasteiger partial charge is 0.326 e. The van der Waals surface area contributed by atoms with Crippen molar-refractivity contribution in [3.05, 3.63) is 35.4 Å². The standard InChI is InChI=1S/C14H22N2/c1-11-6-2-3-7-12(11)10-16-14-9-5-4-8-13(14)15/h2-3,6-7,13-14,16H,4-5,8-10,15H2,1H3. The van der Waals surface area contributed by atoms with Crippen molar-refractivity contribution in [2.45, 2.75) is 51.2 Å². The average Bonchev–Trinajstić information content (AvgIpc) is 2.30. The summed E-state index contributed by atoms with van der Waals surface area (Å²) in [5, 5.41) is 3.60. The van der Waals surface area contributed by atoms with Crippen molar-refractivity contribution in [3.63, 3.8) is 0 Å². The lowest BCUT2D eigenvalue weighted by Crippen LogP contribution is -2.46. The van der Waals surface area contributed by atoms with E-state index in [9.17, 15) is 0 Å². The molecular formula is C14H22N2. The van der Waals surface area contributed by atoms with Gasteiger partial charge in [0, 0.05) is 18.6 Å². The number of rotatable bonds is 3. The lowest BCUT2D eigenvalue weighted by molar-refractivity contribution is 0.326. The maximum absolute atomic E-state index is 6.12. The zero-order valence-electron chi connectivity index (χ0n) is 10.1. The first kappa shape index (κ1) is 11.6. The molecule has 0 heterocycles. The molecule has 0 bridgehead atoms. The molecule has 2 atom stereocenters. The first-order valence-corrected chi connectivity index (χ1v) is 6.31. The van der Waals surface area contributed by atoms with E-state index < -0.39 is 0 Å². The van der Waals surface area contributed by atoms with Gasteiger partial charge in [0.15, 0.2) is 0 Å². The van der Waals surface area contributed by atoms with Crippen LogP contribution in [0.4, 0.5) is 0 Å². The van der Waals surface area contributed by atoms with E-state index in [0.29, 0.717) is 12.1 Å².